The molecule has 0 aliphatic rings. The van der Waals surface area contributed by atoms with Gasteiger partial charge in [0.2, 0.25) is 0 Å². The highest BCUT2D eigenvalue weighted by Gasteiger charge is 2.25. The van der Waals surface area contributed by atoms with Crippen molar-refractivity contribution in [2.24, 2.45) is 0 Å². The Kier molecular flexibility index (Phi) is 6.00. The lowest BCUT2D eigenvalue weighted by Crippen LogP contribution is -1.92. The fourth-order valence-electron chi connectivity index (χ4n) is 1.20. The lowest BCUT2D eigenvalue weighted by atomic mass is 10.2. The molecule has 0 N–H and O–H groups in total. The molecule has 94 valence electrons. The van der Waals surface area contributed by atoms with Crippen LogP contribution in [-0.2, 0) is 13.6 Å². The first-order chi connectivity index (χ1) is 8.13. The van der Waals surface area contributed by atoms with Crippen molar-refractivity contribution in [2.75, 3.05) is 13.2 Å². The van der Waals surface area contributed by atoms with E-state index < -0.39 is 6.80 Å². The molecular formula is C12H17O3PS. The van der Waals surface area contributed by atoms with Gasteiger partial charge in [-0.2, -0.15) is 0 Å². The Balaban J connectivity index is 2.78. The largest absolute Gasteiger partial charge is 0.393 e. The Morgan fingerprint density at radius 3 is 2.18 bits per heavy atom. The van der Waals surface area contributed by atoms with Crippen molar-refractivity contribution in [3.05, 3.63) is 36.4 Å². The van der Waals surface area contributed by atoms with Gasteiger partial charge in [0.25, 0.3) is 0 Å². The topological polar surface area (TPSA) is 35.5 Å². The van der Waals surface area contributed by atoms with Crippen molar-refractivity contribution in [1.29, 1.82) is 0 Å². The van der Waals surface area contributed by atoms with E-state index in [0.29, 0.717) is 13.2 Å². The van der Waals surface area contributed by atoms with Crippen molar-refractivity contribution in [2.45, 2.75) is 18.7 Å². The van der Waals surface area contributed by atoms with Crippen molar-refractivity contribution in [3.8, 4) is 0 Å². The van der Waals surface area contributed by atoms with Crippen molar-refractivity contribution in [3.63, 3.8) is 0 Å². The SMILES string of the molecule is C=Cc1ccc(SP(=O)(OCC)OCC)cc1. The van der Waals surface area contributed by atoms with Crippen LogP contribution in [0.2, 0.25) is 0 Å². The van der Waals surface area contributed by atoms with Crippen LogP contribution in [0.4, 0.5) is 0 Å². The minimum absolute atomic E-state index is 0.370. The molecule has 0 fully saturated rings. The second-order valence-electron chi connectivity index (χ2n) is 3.15. The van der Waals surface area contributed by atoms with Crippen molar-refractivity contribution in [1.82, 2.24) is 0 Å². The van der Waals surface area contributed by atoms with Gasteiger partial charge in [-0.05, 0) is 42.9 Å². The van der Waals surface area contributed by atoms with Crippen LogP contribution < -0.4 is 0 Å². The highest BCUT2D eigenvalue weighted by atomic mass is 32.7. The minimum Gasteiger partial charge on any atom is -0.301 e. The fraction of sp³-hybridized carbons (Fsp3) is 0.333. The average Bonchev–Trinajstić information content (AvgIpc) is 2.30. The van der Waals surface area contributed by atoms with E-state index in [4.69, 9.17) is 9.05 Å². The molecule has 0 saturated carbocycles. The average molecular weight is 272 g/mol. The van der Waals surface area contributed by atoms with Gasteiger partial charge in [-0.15, -0.1) is 0 Å². The summed E-state index contributed by atoms with van der Waals surface area (Å²) in [6, 6.07) is 7.59. The summed E-state index contributed by atoms with van der Waals surface area (Å²) in [5, 5.41) is 0. The van der Waals surface area contributed by atoms with Gasteiger partial charge in [0.15, 0.2) is 0 Å². The Morgan fingerprint density at radius 1 is 1.24 bits per heavy atom. The zero-order chi connectivity index (χ0) is 12.7. The number of hydrogen-bond acceptors (Lipinski definition) is 4. The zero-order valence-electron chi connectivity index (χ0n) is 10.1. The first-order valence-corrected chi connectivity index (χ1v) is 8.41. The molecule has 0 unspecified atom stereocenters. The normalized spacial score (nSPS) is 11.4. The molecule has 0 aromatic heterocycles. The Labute approximate surface area is 106 Å². The summed E-state index contributed by atoms with van der Waals surface area (Å²) in [6.45, 7) is 4.95. The summed E-state index contributed by atoms with van der Waals surface area (Å²) in [5.74, 6) is 0. The first kappa shape index (κ1) is 14.5. The van der Waals surface area contributed by atoms with Gasteiger partial charge in [-0.25, -0.2) is 4.57 Å². The molecule has 0 saturated heterocycles. The van der Waals surface area contributed by atoms with Crippen LogP contribution in [0.3, 0.4) is 0 Å². The molecule has 0 spiro atoms. The molecule has 17 heavy (non-hydrogen) atoms. The maximum absolute atomic E-state index is 12.2. The molecular weight excluding hydrogens is 255 g/mol. The summed E-state index contributed by atoms with van der Waals surface area (Å²) in [4.78, 5) is 0.862. The third kappa shape index (κ3) is 4.68. The summed E-state index contributed by atoms with van der Waals surface area (Å²) < 4.78 is 22.6. The summed E-state index contributed by atoms with van der Waals surface area (Å²) in [6.07, 6.45) is 1.76. The van der Waals surface area contributed by atoms with E-state index in [-0.39, 0.29) is 0 Å². The number of rotatable bonds is 7. The van der Waals surface area contributed by atoms with Gasteiger partial charge in [-0.3, -0.25) is 0 Å². The zero-order valence-corrected chi connectivity index (χ0v) is 11.8. The molecule has 1 rings (SSSR count). The second kappa shape index (κ2) is 7.02. The second-order valence-corrected chi connectivity index (χ2v) is 7.10. The van der Waals surface area contributed by atoms with Crippen LogP contribution in [0.15, 0.2) is 35.7 Å². The Hall–Kier alpha value is -0.540. The highest BCUT2D eigenvalue weighted by molar-refractivity contribution is 8.55. The van der Waals surface area contributed by atoms with Crippen molar-refractivity contribution >= 4 is 24.3 Å². The quantitative estimate of drug-likeness (QED) is 0.679. The van der Waals surface area contributed by atoms with Gasteiger partial charge in [0, 0.05) is 4.90 Å². The van der Waals surface area contributed by atoms with Crippen LogP contribution in [0, 0.1) is 0 Å². The molecule has 1 aromatic carbocycles. The van der Waals surface area contributed by atoms with E-state index in [0.717, 1.165) is 21.8 Å². The third-order valence-electron chi connectivity index (χ3n) is 1.91. The molecule has 0 bridgehead atoms. The lowest BCUT2D eigenvalue weighted by Gasteiger charge is -2.15. The smallest absolute Gasteiger partial charge is 0.301 e. The molecule has 0 aliphatic heterocycles. The van der Waals surface area contributed by atoms with Gasteiger partial charge in [-0.1, -0.05) is 24.8 Å². The van der Waals surface area contributed by atoms with E-state index in [9.17, 15) is 4.57 Å². The maximum atomic E-state index is 12.2. The summed E-state index contributed by atoms with van der Waals surface area (Å²) in [5.41, 5.74) is 1.03. The molecule has 0 heterocycles. The minimum atomic E-state index is -3.07. The molecule has 0 radical (unpaired) electrons. The molecule has 0 amide bonds. The molecule has 3 nitrogen and oxygen atoms in total. The molecule has 1 aromatic rings. The number of benzene rings is 1. The van der Waals surface area contributed by atoms with Crippen molar-refractivity contribution < 1.29 is 13.6 Å². The molecule has 5 heteroatoms. The molecule has 0 atom stereocenters. The predicted molar refractivity (Wildman–Crippen MR) is 73.2 cm³/mol. The fourth-order valence-corrected chi connectivity index (χ4v) is 4.62. The standard InChI is InChI=1S/C12H17O3PS/c1-4-11-7-9-12(10-8-11)17-16(13,14-5-2)15-6-3/h4,7-10H,1,5-6H2,2-3H3. The summed E-state index contributed by atoms with van der Waals surface area (Å²) in [7, 11) is 0. The maximum Gasteiger partial charge on any atom is 0.393 e. The van der Waals surface area contributed by atoms with E-state index in [1.165, 1.54) is 0 Å². The van der Waals surface area contributed by atoms with E-state index in [2.05, 4.69) is 6.58 Å². The first-order valence-electron chi connectivity index (χ1n) is 5.44. The van der Waals surface area contributed by atoms with E-state index >= 15 is 0 Å². The summed E-state index contributed by atoms with van der Waals surface area (Å²) >= 11 is 1.14. The van der Waals surface area contributed by atoms with Crippen LogP contribution in [0.1, 0.15) is 19.4 Å². The van der Waals surface area contributed by atoms with Gasteiger partial charge >= 0.3 is 6.80 Å². The van der Waals surface area contributed by atoms with Crippen LogP contribution in [-0.4, -0.2) is 13.2 Å². The van der Waals surface area contributed by atoms with Crippen LogP contribution in [0.5, 0.6) is 0 Å². The monoisotopic (exact) mass is 272 g/mol. The Bertz CT molecular complexity index is 393. The van der Waals surface area contributed by atoms with Gasteiger partial charge in [0.05, 0.1) is 13.2 Å². The highest BCUT2D eigenvalue weighted by Crippen LogP contribution is 2.63. The predicted octanol–water partition coefficient (Wildman–Crippen LogP) is 4.60. The van der Waals surface area contributed by atoms with Gasteiger partial charge < -0.3 is 9.05 Å². The van der Waals surface area contributed by atoms with E-state index in [1.807, 2.05) is 24.3 Å². The van der Waals surface area contributed by atoms with Gasteiger partial charge in [0.1, 0.15) is 0 Å². The van der Waals surface area contributed by atoms with Crippen LogP contribution >= 0.6 is 18.2 Å². The van der Waals surface area contributed by atoms with E-state index in [1.54, 1.807) is 19.9 Å². The molecule has 0 aliphatic carbocycles. The Morgan fingerprint density at radius 2 is 1.76 bits per heavy atom. The third-order valence-corrected chi connectivity index (χ3v) is 5.70. The number of hydrogen-bond donors (Lipinski definition) is 0. The van der Waals surface area contributed by atoms with Crippen LogP contribution in [0.25, 0.3) is 6.08 Å². The lowest BCUT2D eigenvalue weighted by molar-refractivity contribution is 0.237.